The Hall–Kier alpha value is -2.24. The summed E-state index contributed by atoms with van der Waals surface area (Å²) in [4.78, 5) is 8.85. The van der Waals surface area contributed by atoms with Gasteiger partial charge in [0.2, 0.25) is 0 Å². The van der Waals surface area contributed by atoms with Crippen molar-refractivity contribution >= 4 is 51.1 Å². The largest absolute Gasteiger partial charge is 0.388 e. The molecule has 1 aromatic carbocycles. The monoisotopic (exact) mass is 314 g/mol. The van der Waals surface area contributed by atoms with E-state index in [1.54, 1.807) is 18.5 Å². The topological polar surface area (TPSA) is 63.8 Å². The Morgan fingerprint density at radius 1 is 1.14 bits per heavy atom. The lowest BCUT2D eigenvalue weighted by Gasteiger charge is -2.10. The summed E-state index contributed by atoms with van der Waals surface area (Å²) < 4.78 is 0. The number of nitrogens with zero attached hydrogens (tertiary/aromatic N) is 2. The van der Waals surface area contributed by atoms with Crippen LogP contribution in [-0.4, -0.2) is 15.0 Å². The van der Waals surface area contributed by atoms with E-state index in [0.717, 1.165) is 22.3 Å². The molecule has 2 heterocycles. The van der Waals surface area contributed by atoms with Gasteiger partial charge in [-0.05, 0) is 36.4 Å². The summed E-state index contributed by atoms with van der Waals surface area (Å²) >= 11 is 11.1. The fourth-order valence-electron chi connectivity index (χ4n) is 2.01. The van der Waals surface area contributed by atoms with Gasteiger partial charge < -0.3 is 11.1 Å². The summed E-state index contributed by atoms with van der Waals surface area (Å²) in [7, 11) is 0. The van der Waals surface area contributed by atoms with Crippen molar-refractivity contribution in [2.75, 3.05) is 5.32 Å². The first-order chi connectivity index (χ1) is 10.1. The second-order valence-electron chi connectivity index (χ2n) is 4.42. The van der Waals surface area contributed by atoms with Crippen LogP contribution in [0.1, 0.15) is 5.69 Å². The second kappa shape index (κ2) is 5.63. The van der Waals surface area contributed by atoms with Gasteiger partial charge in [-0.1, -0.05) is 23.8 Å². The van der Waals surface area contributed by atoms with E-state index in [1.807, 2.05) is 30.3 Å². The third-order valence-corrected chi connectivity index (χ3v) is 3.55. The van der Waals surface area contributed by atoms with Gasteiger partial charge in [-0.2, -0.15) is 0 Å². The Bertz CT molecular complexity index is 818. The van der Waals surface area contributed by atoms with Crippen LogP contribution in [0.5, 0.6) is 0 Å². The molecule has 0 saturated carbocycles. The smallest absolute Gasteiger partial charge is 0.122 e. The molecule has 3 rings (SSSR count). The van der Waals surface area contributed by atoms with Crippen molar-refractivity contribution in [3.63, 3.8) is 0 Å². The molecule has 2 aromatic heterocycles. The summed E-state index contributed by atoms with van der Waals surface area (Å²) in [5, 5.41) is 4.84. The van der Waals surface area contributed by atoms with Gasteiger partial charge in [-0.15, -0.1) is 0 Å². The molecular formula is C15H11ClN4S. The quantitative estimate of drug-likeness (QED) is 0.722. The number of thiocarbonyl (C=S) groups is 1. The van der Waals surface area contributed by atoms with Crippen molar-refractivity contribution in [1.82, 2.24) is 9.97 Å². The highest BCUT2D eigenvalue weighted by Gasteiger charge is 2.06. The van der Waals surface area contributed by atoms with Gasteiger partial charge in [0.15, 0.2) is 0 Å². The Kier molecular flexibility index (Phi) is 3.68. The van der Waals surface area contributed by atoms with Gasteiger partial charge in [0.05, 0.1) is 33.8 Å². The molecule has 0 radical (unpaired) electrons. The number of halogens is 1. The van der Waals surface area contributed by atoms with Gasteiger partial charge in [-0.3, -0.25) is 9.97 Å². The van der Waals surface area contributed by atoms with Crippen molar-refractivity contribution in [3.05, 3.63) is 59.5 Å². The van der Waals surface area contributed by atoms with Crippen molar-refractivity contribution < 1.29 is 0 Å². The van der Waals surface area contributed by atoms with E-state index in [2.05, 4.69) is 15.3 Å². The summed E-state index contributed by atoms with van der Waals surface area (Å²) in [6.07, 6.45) is 3.41. The van der Waals surface area contributed by atoms with Crippen LogP contribution in [0.15, 0.2) is 48.8 Å². The van der Waals surface area contributed by atoms with Crippen LogP contribution in [0.4, 0.5) is 11.4 Å². The van der Waals surface area contributed by atoms with E-state index < -0.39 is 0 Å². The minimum atomic E-state index is 0.278. The first kappa shape index (κ1) is 13.7. The molecule has 3 N–H and O–H groups in total. The average molecular weight is 315 g/mol. The number of hydrogen-bond donors (Lipinski definition) is 2. The standard InChI is InChI=1S/C15H11ClN4S/c16-11-4-6-12(14-10(11)2-1-7-18-14)20-9-3-5-13(15(17)21)19-8-9/h1-8,20H,(H2,17,21). The van der Waals surface area contributed by atoms with E-state index in [9.17, 15) is 0 Å². The number of rotatable bonds is 3. The van der Waals surface area contributed by atoms with Gasteiger partial charge in [-0.25, -0.2) is 0 Å². The molecule has 0 amide bonds. The number of aromatic nitrogens is 2. The maximum Gasteiger partial charge on any atom is 0.122 e. The van der Waals surface area contributed by atoms with Crippen molar-refractivity contribution in [3.8, 4) is 0 Å². The molecule has 0 saturated heterocycles. The Balaban J connectivity index is 1.98. The molecule has 0 aliphatic carbocycles. The molecule has 0 unspecified atom stereocenters. The van der Waals surface area contributed by atoms with Gasteiger partial charge in [0.1, 0.15) is 4.99 Å². The van der Waals surface area contributed by atoms with Crippen molar-refractivity contribution in [2.24, 2.45) is 5.73 Å². The van der Waals surface area contributed by atoms with Crippen molar-refractivity contribution in [1.29, 1.82) is 0 Å². The maximum absolute atomic E-state index is 6.18. The first-order valence-corrected chi connectivity index (χ1v) is 7.00. The fourth-order valence-corrected chi connectivity index (χ4v) is 2.34. The third kappa shape index (κ3) is 2.79. The molecule has 21 heavy (non-hydrogen) atoms. The van der Waals surface area contributed by atoms with Crippen LogP contribution in [0, 0.1) is 0 Å². The van der Waals surface area contributed by atoms with Crippen LogP contribution >= 0.6 is 23.8 Å². The molecule has 0 fully saturated rings. The molecule has 0 aliphatic rings. The lowest BCUT2D eigenvalue weighted by Crippen LogP contribution is -2.11. The number of nitrogens with one attached hydrogen (secondary N) is 1. The van der Waals surface area contributed by atoms with E-state index >= 15 is 0 Å². The van der Waals surface area contributed by atoms with Crippen molar-refractivity contribution in [2.45, 2.75) is 0 Å². The van der Waals surface area contributed by atoms with Crippen LogP contribution in [0.25, 0.3) is 10.9 Å². The summed E-state index contributed by atoms with van der Waals surface area (Å²) in [6.45, 7) is 0. The summed E-state index contributed by atoms with van der Waals surface area (Å²) in [5.74, 6) is 0. The van der Waals surface area contributed by atoms with Crippen LogP contribution < -0.4 is 11.1 Å². The van der Waals surface area contributed by atoms with E-state index in [0.29, 0.717) is 10.7 Å². The molecule has 0 aliphatic heterocycles. The van der Waals surface area contributed by atoms with E-state index in [-0.39, 0.29) is 4.99 Å². The molecule has 0 bridgehead atoms. The Morgan fingerprint density at radius 3 is 2.71 bits per heavy atom. The highest BCUT2D eigenvalue weighted by Crippen LogP contribution is 2.29. The third-order valence-electron chi connectivity index (χ3n) is 3.01. The minimum absolute atomic E-state index is 0.278. The maximum atomic E-state index is 6.18. The zero-order valence-corrected chi connectivity index (χ0v) is 12.4. The highest BCUT2D eigenvalue weighted by molar-refractivity contribution is 7.80. The van der Waals surface area contributed by atoms with E-state index in [1.165, 1.54) is 0 Å². The predicted octanol–water partition coefficient (Wildman–Crippen LogP) is 3.66. The van der Waals surface area contributed by atoms with E-state index in [4.69, 9.17) is 29.6 Å². The Labute approximate surface area is 132 Å². The second-order valence-corrected chi connectivity index (χ2v) is 5.26. The number of benzene rings is 1. The van der Waals surface area contributed by atoms with Crippen LogP contribution in [0.2, 0.25) is 5.02 Å². The van der Waals surface area contributed by atoms with Gasteiger partial charge >= 0.3 is 0 Å². The predicted molar refractivity (Wildman–Crippen MR) is 90.2 cm³/mol. The highest BCUT2D eigenvalue weighted by atomic mass is 35.5. The molecule has 104 valence electrons. The molecule has 0 spiro atoms. The zero-order valence-electron chi connectivity index (χ0n) is 10.9. The summed E-state index contributed by atoms with van der Waals surface area (Å²) in [6, 6.07) is 11.2. The van der Waals surface area contributed by atoms with Crippen LogP contribution in [-0.2, 0) is 0 Å². The molecular weight excluding hydrogens is 304 g/mol. The number of pyridine rings is 2. The van der Waals surface area contributed by atoms with Crippen LogP contribution in [0.3, 0.4) is 0 Å². The SMILES string of the molecule is NC(=S)c1ccc(Nc2ccc(Cl)c3cccnc23)cn1. The van der Waals surface area contributed by atoms with Gasteiger partial charge in [0.25, 0.3) is 0 Å². The first-order valence-electron chi connectivity index (χ1n) is 6.21. The number of nitrogens with two attached hydrogens (primary N) is 1. The number of anilines is 2. The average Bonchev–Trinajstić information content (AvgIpc) is 2.51. The molecule has 3 aromatic rings. The fraction of sp³-hybridized carbons (Fsp3) is 0. The normalized spacial score (nSPS) is 10.5. The minimum Gasteiger partial charge on any atom is -0.388 e. The molecule has 4 nitrogen and oxygen atoms in total. The molecule has 0 atom stereocenters. The summed E-state index contributed by atoms with van der Waals surface area (Å²) in [5.41, 5.74) is 8.62. The number of fused-ring (bicyclic) bond motifs is 1. The zero-order chi connectivity index (χ0) is 14.8. The van der Waals surface area contributed by atoms with Gasteiger partial charge in [0, 0.05) is 11.6 Å². The lowest BCUT2D eigenvalue weighted by atomic mass is 10.2. The Morgan fingerprint density at radius 2 is 2.00 bits per heavy atom. The number of hydrogen-bond acceptors (Lipinski definition) is 4. The lowest BCUT2D eigenvalue weighted by molar-refractivity contribution is 1.29. The molecule has 6 heteroatoms.